The number of aliphatic hydroxyl groups is 1. The maximum atomic E-state index is 12.5. The van der Waals surface area contributed by atoms with Gasteiger partial charge in [-0.25, -0.2) is 0 Å². The van der Waals surface area contributed by atoms with E-state index in [9.17, 15) is 25.1 Å². The molecule has 334 valence electrons. The normalized spacial score (nSPS) is 12.0. The van der Waals surface area contributed by atoms with Crippen LogP contribution in [0.4, 0.5) is 0 Å². The van der Waals surface area contributed by atoms with Gasteiger partial charge in [-0.05, 0) is 85.3 Å². The van der Waals surface area contributed by atoms with Crippen LogP contribution in [0.5, 0.6) is 23.0 Å². The predicted octanol–water partition coefficient (Wildman–Crippen LogP) is 9.43. The van der Waals surface area contributed by atoms with Crippen molar-refractivity contribution in [3.8, 4) is 40.2 Å². The smallest absolute Gasteiger partial charge is 0.323 e. The maximum absolute atomic E-state index is 12.5. The topological polar surface area (TPSA) is 185 Å². The molecule has 0 aliphatic heterocycles. The van der Waals surface area contributed by atoms with Crippen LogP contribution in [0, 0.1) is 25.2 Å². The molecule has 0 spiro atoms. The Labute approximate surface area is 387 Å². The zero-order valence-electron chi connectivity index (χ0n) is 36.4. The van der Waals surface area contributed by atoms with E-state index in [-0.39, 0.29) is 48.8 Å². The Kier molecular flexibility index (Phi) is 16.3. The van der Waals surface area contributed by atoms with Crippen molar-refractivity contribution in [2.75, 3.05) is 7.05 Å². The van der Waals surface area contributed by atoms with E-state index < -0.39 is 18.1 Å². The van der Waals surface area contributed by atoms with E-state index in [1.165, 1.54) is 26.1 Å². The molecule has 13 nitrogen and oxygen atoms in total. The van der Waals surface area contributed by atoms with E-state index in [4.69, 9.17) is 42.1 Å². The number of pyridine rings is 2. The Morgan fingerprint density at radius 3 is 1.89 bits per heavy atom. The minimum atomic E-state index is -1.22. The van der Waals surface area contributed by atoms with Gasteiger partial charge in [0.2, 0.25) is 0 Å². The molecule has 4 aromatic carbocycles. The van der Waals surface area contributed by atoms with Crippen molar-refractivity contribution >= 4 is 41.2 Å². The largest absolute Gasteiger partial charge is 0.488 e. The summed E-state index contributed by atoms with van der Waals surface area (Å²) in [6.45, 7) is 7.48. The monoisotopic (exact) mass is 915 g/mol. The molecule has 0 amide bonds. The number of halogens is 2. The summed E-state index contributed by atoms with van der Waals surface area (Å²) < 4.78 is 24.9. The number of aromatic nitrogens is 2. The molecule has 2 aromatic heterocycles. The molecular formula is C50H47Cl2N5O8. The van der Waals surface area contributed by atoms with Crippen LogP contribution in [0.3, 0.4) is 0 Å². The average Bonchev–Trinajstić information content (AvgIpc) is 3.28. The van der Waals surface area contributed by atoms with Crippen LogP contribution in [0.1, 0.15) is 74.3 Å². The molecule has 0 aliphatic carbocycles. The summed E-state index contributed by atoms with van der Waals surface area (Å²) in [5, 5.41) is 32.4. The summed E-state index contributed by atoms with van der Waals surface area (Å²) in [6, 6.07) is 22.8. The highest BCUT2D eigenvalue weighted by molar-refractivity contribution is 6.32. The predicted molar refractivity (Wildman–Crippen MR) is 248 cm³/mol. The molecule has 2 atom stereocenters. The van der Waals surface area contributed by atoms with Crippen LogP contribution in [-0.2, 0) is 37.8 Å². The minimum absolute atomic E-state index is 0.0374. The summed E-state index contributed by atoms with van der Waals surface area (Å²) >= 11 is 13.4. The number of carbonyl (C=O) groups is 2. The Hall–Kier alpha value is -6.82. The summed E-state index contributed by atoms with van der Waals surface area (Å²) in [7, 11) is 1.67. The van der Waals surface area contributed by atoms with Gasteiger partial charge in [0.1, 0.15) is 61.5 Å². The Morgan fingerprint density at radius 2 is 1.32 bits per heavy atom. The number of rotatable bonds is 20. The fourth-order valence-corrected chi connectivity index (χ4v) is 7.47. The van der Waals surface area contributed by atoms with E-state index in [0.717, 1.165) is 44.5 Å². The number of ketones is 1. The molecule has 0 radical (unpaired) electrons. The summed E-state index contributed by atoms with van der Waals surface area (Å²) in [6.07, 6.45) is 6.96. The van der Waals surface area contributed by atoms with E-state index >= 15 is 0 Å². The quantitative estimate of drug-likeness (QED) is 0.0488. The second kappa shape index (κ2) is 22.2. The van der Waals surface area contributed by atoms with E-state index in [0.29, 0.717) is 45.3 Å². The number of hydrogen-bond donors (Lipinski definition) is 3. The lowest BCUT2D eigenvalue weighted by Crippen LogP contribution is -2.44. The number of ether oxygens (including phenoxy) is 4. The molecule has 6 aromatic rings. The molecule has 0 saturated carbocycles. The minimum Gasteiger partial charge on any atom is -0.488 e. The first-order chi connectivity index (χ1) is 31.3. The van der Waals surface area contributed by atoms with Crippen molar-refractivity contribution in [2.45, 2.75) is 72.8 Å². The number of benzene rings is 4. The van der Waals surface area contributed by atoms with Crippen LogP contribution in [0.2, 0.25) is 10.0 Å². The molecule has 0 fully saturated rings. The summed E-state index contributed by atoms with van der Waals surface area (Å²) in [4.78, 5) is 36.8. The average molecular weight is 917 g/mol. The van der Waals surface area contributed by atoms with Gasteiger partial charge in [-0.1, -0.05) is 59.6 Å². The highest BCUT2D eigenvalue weighted by Crippen LogP contribution is 2.37. The third kappa shape index (κ3) is 12.3. The van der Waals surface area contributed by atoms with E-state index in [1.54, 1.807) is 56.1 Å². The molecule has 0 bridgehead atoms. The van der Waals surface area contributed by atoms with Gasteiger partial charge in [-0.15, -0.1) is 0 Å². The van der Waals surface area contributed by atoms with Gasteiger partial charge in [0.15, 0.2) is 5.78 Å². The second-order valence-electron chi connectivity index (χ2n) is 15.2. The van der Waals surface area contributed by atoms with Crippen LogP contribution >= 0.6 is 23.2 Å². The van der Waals surface area contributed by atoms with Crippen molar-refractivity contribution in [3.63, 3.8) is 0 Å². The number of nitriles is 1. The molecule has 0 aliphatic rings. The number of carboxylic acids is 1. The zero-order valence-corrected chi connectivity index (χ0v) is 37.9. The van der Waals surface area contributed by atoms with Crippen molar-refractivity contribution in [3.05, 3.63) is 163 Å². The van der Waals surface area contributed by atoms with Gasteiger partial charge in [0.05, 0.1) is 27.3 Å². The van der Waals surface area contributed by atoms with Crippen LogP contribution in [-0.4, -0.2) is 57.3 Å². The van der Waals surface area contributed by atoms with Gasteiger partial charge < -0.3 is 29.2 Å². The molecule has 0 unspecified atom stereocenters. The molecule has 3 N–H and O–H groups in total. The van der Waals surface area contributed by atoms with Crippen molar-refractivity contribution in [1.82, 2.24) is 15.3 Å². The number of carbonyl (C=O) groups excluding carboxylic acids is 1. The standard InChI is InChI=1S/C50H47Cl2N5O8/c1-29-37(27-64-47-16-45(62-25-36-13-34(19-54-5)21-56-23-36)39(14-43(47)51)24-57-49(32(4)59)50(60)61)8-6-10-40(29)41-11-7-9-38(30(41)2)28-65-48-17-46(42(31(3)58)15-44(48)52)63-26-35-12-33(18-53)20-55-22-35/h6-17,19-23,32,49,57,59H,24-28H2,1-5H3,(H,60,61)/b54-19+/t32-,49+/m1/s1. The van der Waals surface area contributed by atoms with Crippen molar-refractivity contribution < 1.29 is 38.7 Å². The number of aliphatic hydroxyl groups excluding tert-OH is 1. The fraction of sp³-hybridized carbons (Fsp3) is 0.240. The molecule has 0 saturated heterocycles. The molecule has 15 heteroatoms. The number of hydrogen-bond acceptors (Lipinski definition) is 12. The Morgan fingerprint density at radius 1 is 0.769 bits per heavy atom. The van der Waals surface area contributed by atoms with Crippen molar-refractivity contribution in [1.29, 1.82) is 5.26 Å². The SMILES string of the molecule is C/N=C/c1cncc(COc2cc(OCc3cccc(-c4cccc(COc5cc(OCc6cncc(C#N)c6)c(C(C)=O)cc5Cl)c4C)c3C)c(Cl)cc2CN[C@H](C(=O)O)[C@@H](C)O)c1. The first-order valence-electron chi connectivity index (χ1n) is 20.5. The van der Waals surface area contributed by atoms with E-state index in [1.807, 2.05) is 56.3 Å². The number of Topliss-reactive ketones (excluding diaryl/α,β-unsaturated/α-hetero) is 1. The Balaban J connectivity index is 1.20. The van der Waals surface area contributed by atoms with Gasteiger partial charge in [-0.3, -0.25) is 29.9 Å². The first-order valence-corrected chi connectivity index (χ1v) is 21.2. The number of nitrogens with one attached hydrogen (secondary N) is 1. The van der Waals surface area contributed by atoms with Crippen LogP contribution in [0.25, 0.3) is 11.1 Å². The third-order valence-corrected chi connectivity index (χ3v) is 11.1. The number of aliphatic imine (C=N–C) groups is 1. The maximum Gasteiger partial charge on any atom is 0.323 e. The van der Waals surface area contributed by atoms with Gasteiger partial charge >= 0.3 is 5.97 Å². The van der Waals surface area contributed by atoms with Crippen LogP contribution in [0.15, 0.2) is 103 Å². The fourth-order valence-electron chi connectivity index (χ4n) is 7.01. The first kappa shape index (κ1) is 47.7. The third-order valence-electron chi connectivity index (χ3n) is 10.5. The highest BCUT2D eigenvalue weighted by atomic mass is 35.5. The molecular weight excluding hydrogens is 869 g/mol. The number of carboxylic acid groups (broad SMARTS) is 1. The molecule has 2 heterocycles. The Bertz CT molecular complexity index is 2770. The molecule has 6 rings (SSSR count). The lowest BCUT2D eigenvalue weighted by atomic mass is 9.92. The lowest BCUT2D eigenvalue weighted by molar-refractivity contribution is -0.142. The number of nitrogens with zero attached hydrogens (tertiary/aromatic N) is 4. The molecule has 65 heavy (non-hydrogen) atoms. The summed E-state index contributed by atoms with van der Waals surface area (Å²) in [5.74, 6) is -0.0340. The highest BCUT2D eigenvalue weighted by Gasteiger charge is 2.24. The van der Waals surface area contributed by atoms with Gasteiger partial charge in [0, 0.05) is 79.0 Å². The zero-order chi connectivity index (χ0) is 46.6. The number of aliphatic carboxylic acids is 1. The van der Waals surface area contributed by atoms with Crippen molar-refractivity contribution in [2.24, 2.45) is 4.99 Å². The lowest BCUT2D eigenvalue weighted by Gasteiger charge is -2.20. The van der Waals surface area contributed by atoms with Gasteiger partial charge in [-0.2, -0.15) is 5.26 Å². The summed E-state index contributed by atoms with van der Waals surface area (Å²) in [5.41, 5.74) is 9.30. The second-order valence-corrected chi connectivity index (χ2v) is 16.0. The van der Waals surface area contributed by atoms with E-state index in [2.05, 4.69) is 26.3 Å². The van der Waals surface area contributed by atoms with Crippen LogP contribution < -0.4 is 24.3 Å². The van der Waals surface area contributed by atoms with Gasteiger partial charge in [0.25, 0.3) is 0 Å².